The first-order valence-electron chi connectivity index (χ1n) is 5.15. The zero-order chi connectivity index (χ0) is 13.8. The first kappa shape index (κ1) is 14.5. The number of anilines is 1. The molecule has 2 N–H and O–H groups in total. The number of rotatable bonds is 3. The van der Waals surface area contributed by atoms with Gasteiger partial charge >= 0.3 is 6.18 Å². The summed E-state index contributed by atoms with van der Waals surface area (Å²) in [7, 11) is 0. The van der Waals surface area contributed by atoms with Crippen molar-refractivity contribution in [1.29, 1.82) is 0 Å². The molecule has 0 saturated carbocycles. The monoisotopic (exact) mass is 274 g/mol. The standard InChI is InChI=1S/C12H13F3N2S/c1-8(2)7-16-11(18)17-10-5-3-4-9(6-10)12(13,14)15/h3-6H,1,7H2,2H3,(H2,16,17,18). The molecule has 0 amide bonds. The molecule has 0 aromatic heterocycles. The van der Waals surface area contributed by atoms with E-state index in [0.717, 1.165) is 17.7 Å². The molecule has 0 saturated heterocycles. The minimum Gasteiger partial charge on any atom is -0.359 e. The van der Waals surface area contributed by atoms with Gasteiger partial charge in [0.25, 0.3) is 0 Å². The molecule has 2 nitrogen and oxygen atoms in total. The van der Waals surface area contributed by atoms with Gasteiger partial charge < -0.3 is 10.6 Å². The minimum absolute atomic E-state index is 0.261. The Bertz CT molecular complexity index is 455. The lowest BCUT2D eigenvalue weighted by atomic mass is 10.2. The SMILES string of the molecule is C=C(C)CNC(=S)Nc1cccc(C(F)(F)F)c1. The molecule has 1 aromatic carbocycles. The molecule has 18 heavy (non-hydrogen) atoms. The van der Waals surface area contributed by atoms with Crippen LogP contribution in [0.4, 0.5) is 18.9 Å². The summed E-state index contributed by atoms with van der Waals surface area (Å²) >= 11 is 4.95. The maximum atomic E-state index is 12.5. The van der Waals surface area contributed by atoms with E-state index in [1.165, 1.54) is 12.1 Å². The molecule has 0 aliphatic rings. The van der Waals surface area contributed by atoms with E-state index in [1.54, 1.807) is 0 Å². The number of nitrogens with one attached hydrogen (secondary N) is 2. The Morgan fingerprint density at radius 1 is 1.39 bits per heavy atom. The summed E-state index contributed by atoms with van der Waals surface area (Å²) in [5.41, 5.74) is 0.461. The Kier molecular flexibility index (Phi) is 4.72. The topological polar surface area (TPSA) is 24.1 Å². The van der Waals surface area contributed by atoms with E-state index in [9.17, 15) is 13.2 Å². The zero-order valence-electron chi connectivity index (χ0n) is 9.77. The number of benzene rings is 1. The summed E-state index contributed by atoms with van der Waals surface area (Å²) in [6.45, 7) is 5.98. The smallest absolute Gasteiger partial charge is 0.359 e. The first-order chi connectivity index (χ1) is 8.29. The van der Waals surface area contributed by atoms with Crippen LogP contribution in [0.15, 0.2) is 36.4 Å². The van der Waals surface area contributed by atoms with Crippen LogP contribution < -0.4 is 10.6 Å². The molecule has 1 aromatic rings. The summed E-state index contributed by atoms with van der Waals surface area (Å²) in [5, 5.41) is 5.78. The van der Waals surface area contributed by atoms with Gasteiger partial charge in [-0.1, -0.05) is 18.2 Å². The van der Waals surface area contributed by atoms with Crippen LogP contribution in [0.2, 0.25) is 0 Å². The second-order valence-electron chi connectivity index (χ2n) is 3.84. The number of halogens is 3. The Balaban J connectivity index is 2.68. The van der Waals surface area contributed by atoms with E-state index in [0.29, 0.717) is 12.2 Å². The lowest BCUT2D eigenvalue weighted by Crippen LogP contribution is -2.29. The fourth-order valence-corrected chi connectivity index (χ4v) is 1.37. The molecule has 1 rings (SSSR count). The Hall–Kier alpha value is -1.56. The molecule has 0 heterocycles. The summed E-state index contributed by atoms with van der Waals surface area (Å²) < 4.78 is 37.4. The van der Waals surface area contributed by atoms with E-state index in [-0.39, 0.29) is 5.11 Å². The van der Waals surface area contributed by atoms with Crippen molar-refractivity contribution in [3.05, 3.63) is 42.0 Å². The first-order valence-corrected chi connectivity index (χ1v) is 5.56. The molecular formula is C12H13F3N2S. The lowest BCUT2D eigenvalue weighted by Gasteiger charge is -2.12. The summed E-state index contributed by atoms with van der Waals surface area (Å²) in [5.74, 6) is 0. The van der Waals surface area contributed by atoms with Gasteiger partial charge in [-0.05, 0) is 37.3 Å². The second kappa shape index (κ2) is 5.86. The van der Waals surface area contributed by atoms with Crippen LogP contribution in [0.1, 0.15) is 12.5 Å². The van der Waals surface area contributed by atoms with Gasteiger partial charge in [-0.25, -0.2) is 0 Å². The fourth-order valence-electron chi connectivity index (χ4n) is 1.18. The van der Waals surface area contributed by atoms with Gasteiger partial charge in [0, 0.05) is 12.2 Å². The minimum atomic E-state index is -4.36. The van der Waals surface area contributed by atoms with Gasteiger partial charge in [0.15, 0.2) is 5.11 Å². The summed E-state index contributed by atoms with van der Waals surface area (Å²) in [4.78, 5) is 0. The molecule has 0 fully saturated rings. The largest absolute Gasteiger partial charge is 0.416 e. The average molecular weight is 274 g/mol. The van der Waals surface area contributed by atoms with E-state index in [4.69, 9.17) is 12.2 Å². The van der Waals surface area contributed by atoms with Crippen LogP contribution in [0.25, 0.3) is 0 Å². The highest BCUT2D eigenvalue weighted by molar-refractivity contribution is 7.80. The van der Waals surface area contributed by atoms with E-state index in [1.807, 2.05) is 6.92 Å². The molecular weight excluding hydrogens is 261 g/mol. The van der Waals surface area contributed by atoms with Crippen LogP contribution in [0.5, 0.6) is 0 Å². The Morgan fingerprint density at radius 2 is 2.06 bits per heavy atom. The molecule has 6 heteroatoms. The van der Waals surface area contributed by atoms with Crippen LogP contribution in [0, 0.1) is 0 Å². The van der Waals surface area contributed by atoms with Crippen molar-refractivity contribution in [2.24, 2.45) is 0 Å². The number of hydrogen-bond donors (Lipinski definition) is 2. The molecule has 0 atom stereocenters. The van der Waals surface area contributed by atoms with Crippen molar-refractivity contribution < 1.29 is 13.2 Å². The maximum Gasteiger partial charge on any atom is 0.416 e. The maximum absolute atomic E-state index is 12.5. The predicted molar refractivity (Wildman–Crippen MR) is 70.5 cm³/mol. The summed E-state index contributed by atoms with van der Waals surface area (Å²) in [6.07, 6.45) is -4.36. The lowest BCUT2D eigenvalue weighted by molar-refractivity contribution is -0.137. The zero-order valence-corrected chi connectivity index (χ0v) is 10.6. The van der Waals surface area contributed by atoms with Crippen LogP contribution in [-0.2, 0) is 6.18 Å². The highest BCUT2D eigenvalue weighted by Gasteiger charge is 2.30. The quantitative estimate of drug-likeness (QED) is 0.651. The highest BCUT2D eigenvalue weighted by Crippen LogP contribution is 2.30. The Morgan fingerprint density at radius 3 is 2.61 bits per heavy atom. The molecule has 0 radical (unpaired) electrons. The van der Waals surface area contributed by atoms with Crippen molar-refractivity contribution in [2.45, 2.75) is 13.1 Å². The van der Waals surface area contributed by atoms with Crippen molar-refractivity contribution in [3.63, 3.8) is 0 Å². The van der Waals surface area contributed by atoms with Crippen molar-refractivity contribution in [2.75, 3.05) is 11.9 Å². The van der Waals surface area contributed by atoms with Gasteiger partial charge in [-0.2, -0.15) is 13.2 Å². The van der Waals surface area contributed by atoms with Gasteiger partial charge in [0.2, 0.25) is 0 Å². The van der Waals surface area contributed by atoms with E-state index in [2.05, 4.69) is 17.2 Å². The summed E-state index contributed by atoms with van der Waals surface area (Å²) in [6, 6.07) is 4.86. The third-order valence-corrected chi connectivity index (χ3v) is 2.24. The number of alkyl halides is 3. The molecule has 0 aliphatic carbocycles. The third kappa shape index (κ3) is 4.75. The van der Waals surface area contributed by atoms with Gasteiger partial charge in [-0.15, -0.1) is 0 Å². The van der Waals surface area contributed by atoms with E-state index >= 15 is 0 Å². The van der Waals surface area contributed by atoms with E-state index < -0.39 is 11.7 Å². The third-order valence-electron chi connectivity index (χ3n) is 2.00. The van der Waals surface area contributed by atoms with Crippen LogP contribution >= 0.6 is 12.2 Å². The predicted octanol–water partition coefficient (Wildman–Crippen LogP) is 3.57. The molecule has 0 bridgehead atoms. The fraction of sp³-hybridized carbons (Fsp3) is 0.250. The molecule has 0 spiro atoms. The van der Waals surface area contributed by atoms with Crippen molar-refractivity contribution >= 4 is 23.0 Å². The van der Waals surface area contributed by atoms with Crippen LogP contribution in [-0.4, -0.2) is 11.7 Å². The second-order valence-corrected chi connectivity index (χ2v) is 4.25. The molecule has 0 unspecified atom stereocenters. The number of thiocarbonyl (C=S) groups is 1. The number of hydrogen-bond acceptors (Lipinski definition) is 1. The highest BCUT2D eigenvalue weighted by atomic mass is 32.1. The Labute approximate surface area is 109 Å². The molecule has 0 aliphatic heterocycles. The van der Waals surface area contributed by atoms with Gasteiger partial charge in [-0.3, -0.25) is 0 Å². The van der Waals surface area contributed by atoms with Gasteiger partial charge in [0.1, 0.15) is 0 Å². The normalized spacial score (nSPS) is 10.9. The van der Waals surface area contributed by atoms with Crippen molar-refractivity contribution in [1.82, 2.24) is 5.32 Å². The van der Waals surface area contributed by atoms with Crippen molar-refractivity contribution in [3.8, 4) is 0 Å². The average Bonchev–Trinajstić information content (AvgIpc) is 2.25. The van der Waals surface area contributed by atoms with Gasteiger partial charge in [0.05, 0.1) is 5.56 Å². The molecule has 98 valence electrons. The van der Waals surface area contributed by atoms with Crippen LogP contribution in [0.3, 0.4) is 0 Å².